The monoisotopic (exact) mass is 564 g/mol. The molecule has 1 aromatic heterocycles. The van der Waals surface area contributed by atoms with Gasteiger partial charge in [0.15, 0.2) is 0 Å². The number of aromatic nitrogens is 3. The maximum Gasteiger partial charge on any atom is 0.0900 e. The molecule has 0 amide bonds. The second kappa shape index (κ2) is 12.0. The fraction of sp³-hybridized carbons (Fsp3) is 0.324. The summed E-state index contributed by atoms with van der Waals surface area (Å²) in [6.45, 7) is 10.0. The molecule has 7 heteroatoms. The summed E-state index contributed by atoms with van der Waals surface area (Å²) in [5.74, 6) is 0.679. The Morgan fingerprint density at radius 3 is 2.49 bits per heavy atom. The molecule has 3 aliphatic rings. The van der Waals surface area contributed by atoms with Gasteiger partial charge in [0, 0.05) is 36.0 Å². The number of anilines is 2. The highest BCUT2D eigenvalue weighted by Gasteiger charge is 2.21. The van der Waals surface area contributed by atoms with E-state index in [-0.39, 0.29) is 6.04 Å². The number of aryl methyl sites for hydroxylation is 1. The first-order valence-corrected chi connectivity index (χ1v) is 15.0. The van der Waals surface area contributed by atoms with Gasteiger partial charge in [-0.05, 0) is 85.8 Å². The third kappa shape index (κ3) is 6.14. The molecule has 6 rings (SSSR count). The Hall–Kier alpha value is -3.74. The molecular weight excluding hydrogens is 528 g/mol. The largest absolute Gasteiger partial charge is 0.352 e. The molecule has 0 radical (unpaired) electrons. The van der Waals surface area contributed by atoms with Gasteiger partial charge in [0.2, 0.25) is 0 Å². The van der Waals surface area contributed by atoms with Crippen LogP contribution in [-0.4, -0.2) is 45.1 Å². The molecule has 1 aliphatic carbocycles. The fourth-order valence-electron chi connectivity index (χ4n) is 5.72. The Kier molecular flexibility index (Phi) is 8.04. The predicted octanol–water partition coefficient (Wildman–Crippen LogP) is 7.51. The molecule has 210 valence electrons. The maximum absolute atomic E-state index is 6.27. The van der Waals surface area contributed by atoms with Crippen molar-refractivity contribution in [3.05, 3.63) is 95.1 Å². The minimum Gasteiger partial charge on any atom is -0.352 e. The third-order valence-electron chi connectivity index (χ3n) is 7.75. The van der Waals surface area contributed by atoms with Crippen molar-refractivity contribution in [2.45, 2.75) is 46.1 Å². The van der Waals surface area contributed by atoms with Crippen LogP contribution >= 0.6 is 11.6 Å². The van der Waals surface area contributed by atoms with Crippen LogP contribution in [0, 0.1) is 5.92 Å². The topological polar surface area (TPSA) is 58.3 Å². The molecule has 1 fully saturated rings. The standard InChI is InChI=1S/C34H37ClN6/c1-4-25-11-12-27(21-36-25)38-30-19-32-34(20-31(30)37-26-15-17-40(18-16-26)22-23(2)3)41(28-13-9-24(35)10-14-28)33-8-6-5-7-29(33)39-32/h5-14,19-21,23,26,38H,4,15-18,22H2,1-3H3. The lowest BCUT2D eigenvalue weighted by Gasteiger charge is -2.31. The highest BCUT2D eigenvalue weighted by molar-refractivity contribution is 6.30. The Morgan fingerprint density at radius 2 is 1.78 bits per heavy atom. The Balaban J connectivity index is 1.50. The highest BCUT2D eigenvalue weighted by atomic mass is 35.5. The van der Waals surface area contributed by atoms with Crippen LogP contribution in [0.2, 0.25) is 5.02 Å². The van der Waals surface area contributed by atoms with Crippen LogP contribution in [0.3, 0.4) is 0 Å². The number of hydrogen-bond acceptors (Lipinski definition) is 5. The van der Waals surface area contributed by atoms with Crippen LogP contribution in [0.1, 0.15) is 39.3 Å². The van der Waals surface area contributed by atoms with Crippen LogP contribution in [0.15, 0.2) is 84.0 Å². The fourth-order valence-corrected chi connectivity index (χ4v) is 5.85. The van der Waals surface area contributed by atoms with Gasteiger partial charge in [-0.2, -0.15) is 0 Å². The van der Waals surface area contributed by atoms with Gasteiger partial charge in [0.05, 0.1) is 51.4 Å². The lowest BCUT2D eigenvalue weighted by atomic mass is 10.0. The number of nitrogens with one attached hydrogen (secondary N) is 1. The van der Waals surface area contributed by atoms with Crippen molar-refractivity contribution < 1.29 is 0 Å². The number of likely N-dealkylation sites (tertiary alicyclic amines) is 1. The lowest BCUT2D eigenvalue weighted by Crippen LogP contribution is -2.38. The summed E-state index contributed by atoms with van der Waals surface area (Å²) in [6, 6.07) is 25.0. The zero-order valence-electron chi connectivity index (χ0n) is 24.0. The number of rotatable bonds is 7. The van der Waals surface area contributed by atoms with Gasteiger partial charge in [-0.3, -0.25) is 9.98 Å². The second-order valence-corrected chi connectivity index (χ2v) is 11.8. The third-order valence-corrected chi connectivity index (χ3v) is 8.00. The SMILES string of the molecule is CCc1ccc(Nc2cc3nc4ccccc4n(-c4ccc(Cl)cc4)c-3cc2=NC2CCN(CC(C)C)CC2)cn1. The predicted molar refractivity (Wildman–Crippen MR) is 169 cm³/mol. The van der Waals surface area contributed by atoms with Crippen LogP contribution in [0.4, 0.5) is 11.4 Å². The van der Waals surface area contributed by atoms with E-state index in [4.69, 9.17) is 21.6 Å². The zero-order chi connectivity index (χ0) is 28.3. The van der Waals surface area contributed by atoms with Crippen molar-refractivity contribution >= 4 is 34.0 Å². The molecule has 3 heterocycles. The van der Waals surface area contributed by atoms with Crippen molar-refractivity contribution in [1.29, 1.82) is 0 Å². The first-order valence-electron chi connectivity index (χ1n) is 14.7. The van der Waals surface area contributed by atoms with E-state index in [1.807, 2.05) is 24.4 Å². The number of pyridine rings is 1. The van der Waals surface area contributed by atoms with Gasteiger partial charge < -0.3 is 14.8 Å². The zero-order valence-corrected chi connectivity index (χ0v) is 24.8. The molecule has 0 bridgehead atoms. The Bertz CT molecular complexity index is 1670. The number of nitrogens with zero attached hydrogens (tertiary/aromatic N) is 5. The summed E-state index contributed by atoms with van der Waals surface area (Å²) in [6.07, 6.45) is 4.93. The molecule has 0 atom stereocenters. The molecule has 0 unspecified atom stereocenters. The molecular formula is C34H37ClN6. The average Bonchev–Trinajstić information content (AvgIpc) is 2.98. The maximum atomic E-state index is 6.27. The van der Waals surface area contributed by atoms with Crippen molar-refractivity contribution in [3.63, 3.8) is 0 Å². The first-order chi connectivity index (χ1) is 20.0. The van der Waals surface area contributed by atoms with Crippen LogP contribution in [0.25, 0.3) is 28.1 Å². The van der Waals surface area contributed by atoms with E-state index in [2.05, 4.69) is 95.1 Å². The number of hydrogen-bond donors (Lipinski definition) is 1. The average molecular weight is 565 g/mol. The van der Waals surface area contributed by atoms with Crippen molar-refractivity contribution in [2.75, 3.05) is 25.0 Å². The number of para-hydroxylation sites is 2. The highest BCUT2D eigenvalue weighted by Crippen LogP contribution is 2.31. The molecule has 1 saturated heterocycles. The van der Waals surface area contributed by atoms with E-state index in [0.717, 1.165) is 89.4 Å². The molecule has 41 heavy (non-hydrogen) atoms. The number of benzene rings is 3. The van der Waals surface area contributed by atoms with Crippen LogP contribution in [-0.2, 0) is 6.42 Å². The molecule has 2 aliphatic heterocycles. The molecule has 3 aromatic rings. The Labute approximate surface area is 247 Å². The quantitative estimate of drug-likeness (QED) is 0.208. The van der Waals surface area contributed by atoms with Crippen LogP contribution in [0.5, 0.6) is 0 Å². The Morgan fingerprint density at radius 1 is 1.00 bits per heavy atom. The van der Waals surface area contributed by atoms with E-state index in [9.17, 15) is 0 Å². The summed E-state index contributed by atoms with van der Waals surface area (Å²) in [4.78, 5) is 17.6. The van der Waals surface area contributed by atoms with E-state index in [0.29, 0.717) is 10.9 Å². The van der Waals surface area contributed by atoms with Gasteiger partial charge in [0.1, 0.15) is 0 Å². The van der Waals surface area contributed by atoms with E-state index >= 15 is 0 Å². The molecule has 1 N–H and O–H groups in total. The number of fused-ring (bicyclic) bond motifs is 2. The summed E-state index contributed by atoms with van der Waals surface area (Å²) < 4.78 is 2.26. The van der Waals surface area contributed by atoms with Gasteiger partial charge >= 0.3 is 0 Å². The summed E-state index contributed by atoms with van der Waals surface area (Å²) in [7, 11) is 0. The summed E-state index contributed by atoms with van der Waals surface area (Å²) >= 11 is 6.27. The minimum atomic E-state index is 0.273. The summed E-state index contributed by atoms with van der Waals surface area (Å²) in [5.41, 5.74) is 7.86. The van der Waals surface area contributed by atoms with Gasteiger partial charge in [-0.1, -0.05) is 44.5 Å². The van der Waals surface area contributed by atoms with Gasteiger partial charge in [-0.15, -0.1) is 0 Å². The van der Waals surface area contributed by atoms with E-state index in [1.165, 1.54) is 0 Å². The van der Waals surface area contributed by atoms with Crippen LogP contribution < -0.4 is 10.7 Å². The number of piperidine rings is 1. The normalized spacial score (nSPS) is 15.3. The van der Waals surface area contributed by atoms with Crippen molar-refractivity contribution in [2.24, 2.45) is 10.9 Å². The molecule has 0 spiro atoms. The number of halogens is 1. The van der Waals surface area contributed by atoms with Gasteiger partial charge in [0.25, 0.3) is 0 Å². The van der Waals surface area contributed by atoms with Crippen molar-refractivity contribution in [1.82, 2.24) is 19.4 Å². The van der Waals surface area contributed by atoms with Crippen molar-refractivity contribution in [3.8, 4) is 17.1 Å². The van der Waals surface area contributed by atoms with E-state index < -0.39 is 0 Å². The van der Waals surface area contributed by atoms with E-state index in [1.54, 1.807) is 0 Å². The first kappa shape index (κ1) is 27.4. The minimum absolute atomic E-state index is 0.273. The smallest absolute Gasteiger partial charge is 0.0900 e. The molecule has 0 saturated carbocycles. The molecule has 2 aromatic carbocycles. The summed E-state index contributed by atoms with van der Waals surface area (Å²) in [5, 5.41) is 5.28. The van der Waals surface area contributed by atoms with Gasteiger partial charge in [-0.25, -0.2) is 4.98 Å². The second-order valence-electron chi connectivity index (χ2n) is 11.3. The lowest BCUT2D eigenvalue weighted by molar-refractivity contribution is 0.192. The molecule has 6 nitrogen and oxygen atoms in total.